The number of hydrogen-bond donors (Lipinski definition) is 1. The first-order valence-electron chi connectivity index (χ1n) is 6.89. The Morgan fingerprint density at radius 1 is 1.18 bits per heavy atom. The molecular formula is C16H25N. The van der Waals surface area contributed by atoms with E-state index in [4.69, 9.17) is 5.73 Å². The molecule has 0 aliphatic heterocycles. The van der Waals surface area contributed by atoms with Crippen molar-refractivity contribution in [2.45, 2.75) is 52.5 Å². The van der Waals surface area contributed by atoms with Crippen molar-refractivity contribution in [3.05, 3.63) is 34.9 Å². The zero-order valence-electron chi connectivity index (χ0n) is 11.4. The molecule has 0 saturated heterocycles. The largest absolute Gasteiger partial charge is 0.327 e. The Hall–Kier alpha value is -0.820. The summed E-state index contributed by atoms with van der Waals surface area (Å²) in [5.41, 5.74) is 10.5. The van der Waals surface area contributed by atoms with E-state index < -0.39 is 0 Å². The van der Waals surface area contributed by atoms with Crippen molar-refractivity contribution >= 4 is 0 Å². The molecule has 1 aliphatic carbocycles. The third-order valence-corrected chi connectivity index (χ3v) is 4.23. The molecule has 0 radical (unpaired) electrons. The fourth-order valence-corrected chi connectivity index (χ4v) is 3.42. The van der Waals surface area contributed by atoms with Crippen LogP contribution in [0.15, 0.2) is 18.2 Å². The van der Waals surface area contributed by atoms with Gasteiger partial charge in [0.2, 0.25) is 0 Å². The van der Waals surface area contributed by atoms with Crippen molar-refractivity contribution in [3.8, 4) is 0 Å². The summed E-state index contributed by atoms with van der Waals surface area (Å²) < 4.78 is 0. The average molecular weight is 231 g/mol. The Bertz CT molecular complexity index is 363. The van der Waals surface area contributed by atoms with Gasteiger partial charge in [0.25, 0.3) is 0 Å². The molecule has 1 aromatic rings. The predicted octanol–water partition coefficient (Wildman–Crippen LogP) is 3.61. The van der Waals surface area contributed by atoms with Gasteiger partial charge in [-0.2, -0.15) is 0 Å². The normalized spacial score (nSPS) is 26.1. The second-order valence-corrected chi connectivity index (χ2v) is 5.94. The smallest absolute Gasteiger partial charge is 0.0110 e. The highest BCUT2D eigenvalue weighted by Crippen LogP contribution is 2.34. The number of hydrogen-bond acceptors (Lipinski definition) is 1. The number of rotatable bonds is 3. The molecule has 1 saturated carbocycles. The van der Waals surface area contributed by atoms with Crippen molar-refractivity contribution in [3.63, 3.8) is 0 Å². The number of aryl methyl sites for hydroxylation is 2. The highest BCUT2D eigenvalue weighted by Gasteiger charge is 2.28. The van der Waals surface area contributed by atoms with Crippen LogP contribution in [0, 0.1) is 25.7 Å². The Balaban J connectivity index is 2.04. The zero-order chi connectivity index (χ0) is 12.4. The van der Waals surface area contributed by atoms with Crippen molar-refractivity contribution < 1.29 is 0 Å². The Labute approximate surface area is 105 Å². The van der Waals surface area contributed by atoms with E-state index in [0.29, 0.717) is 6.04 Å². The van der Waals surface area contributed by atoms with Crippen LogP contribution in [0.2, 0.25) is 0 Å². The predicted molar refractivity (Wildman–Crippen MR) is 74.1 cm³/mol. The van der Waals surface area contributed by atoms with E-state index in [0.717, 1.165) is 18.3 Å². The summed E-state index contributed by atoms with van der Waals surface area (Å²) in [6, 6.07) is 7.14. The van der Waals surface area contributed by atoms with Gasteiger partial charge in [0.15, 0.2) is 0 Å². The van der Waals surface area contributed by atoms with E-state index in [1.54, 1.807) is 0 Å². The van der Waals surface area contributed by atoms with Crippen LogP contribution in [0.25, 0.3) is 0 Å². The van der Waals surface area contributed by atoms with Gasteiger partial charge >= 0.3 is 0 Å². The zero-order valence-corrected chi connectivity index (χ0v) is 11.4. The molecule has 3 unspecified atom stereocenters. The highest BCUT2D eigenvalue weighted by atomic mass is 14.7. The van der Waals surface area contributed by atoms with Gasteiger partial charge in [-0.25, -0.2) is 0 Å². The van der Waals surface area contributed by atoms with Crippen LogP contribution in [0.4, 0.5) is 0 Å². The monoisotopic (exact) mass is 231 g/mol. The maximum atomic E-state index is 6.40. The van der Waals surface area contributed by atoms with Crippen LogP contribution in [0.5, 0.6) is 0 Å². The van der Waals surface area contributed by atoms with Crippen LogP contribution in [-0.4, -0.2) is 6.04 Å². The third kappa shape index (κ3) is 3.10. The minimum atomic E-state index is 0.341. The van der Waals surface area contributed by atoms with Gasteiger partial charge in [-0.1, -0.05) is 49.1 Å². The van der Waals surface area contributed by atoms with E-state index in [1.807, 2.05) is 0 Å². The lowest BCUT2D eigenvalue weighted by molar-refractivity contribution is 0.343. The molecule has 17 heavy (non-hydrogen) atoms. The van der Waals surface area contributed by atoms with E-state index in [2.05, 4.69) is 39.0 Å². The summed E-state index contributed by atoms with van der Waals surface area (Å²) in [5.74, 6) is 1.55. The lowest BCUT2D eigenvalue weighted by atomic mass is 9.86. The first-order chi connectivity index (χ1) is 8.06. The third-order valence-electron chi connectivity index (χ3n) is 4.23. The SMILES string of the molecule is Cc1cc(C)cc(CC(N)C2CCCC2C)c1. The Kier molecular flexibility index (Phi) is 3.88. The fourth-order valence-electron chi connectivity index (χ4n) is 3.42. The van der Waals surface area contributed by atoms with Gasteiger partial charge in [-0.05, 0) is 44.1 Å². The molecule has 3 atom stereocenters. The Morgan fingerprint density at radius 3 is 2.35 bits per heavy atom. The van der Waals surface area contributed by atoms with E-state index in [9.17, 15) is 0 Å². The summed E-state index contributed by atoms with van der Waals surface area (Å²) >= 11 is 0. The molecule has 0 heterocycles. The molecule has 1 fully saturated rings. The molecule has 1 aliphatic rings. The van der Waals surface area contributed by atoms with Gasteiger partial charge in [-0.15, -0.1) is 0 Å². The number of nitrogens with two attached hydrogens (primary N) is 1. The first-order valence-corrected chi connectivity index (χ1v) is 6.89. The standard InChI is InChI=1S/C16H25N/c1-11-7-12(2)9-14(8-11)10-16(17)15-6-4-5-13(15)3/h7-9,13,15-16H,4-6,10,17H2,1-3H3. The minimum Gasteiger partial charge on any atom is -0.327 e. The van der Waals surface area contributed by atoms with Crippen molar-refractivity contribution in [1.82, 2.24) is 0 Å². The van der Waals surface area contributed by atoms with Crippen LogP contribution in [0.3, 0.4) is 0 Å². The average Bonchev–Trinajstić information content (AvgIpc) is 2.62. The van der Waals surface area contributed by atoms with E-state index >= 15 is 0 Å². The lowest BCUT2D eigenvalue weighted by Gasteiger charge is -2.23. The fraction of sp³-hybridized carbons (Fsp3) is 0.625. The second kappa shape index (κ2) is 5.22. The van der Waals surface area contributed by atoms with Gasteiger partial charge in [-0.3, -0.25) is 0 Å². The molecule has 1 heteroatoms. The quantitative estimate of drug-likeness (QED) is 0.845. The molecule has 0 aromatic heterocycles. The summed E-state index contributed by atoms with van der Waals surface area (Å²) in [7, 11) is 0. The van der Waals surface area contributed by atoms with Gasteiger partial charge in [0.05, 0.1) is 0 Å². The molecule has 1 nitrogen and oxygen atoms in total. The molecule has 94 valence electrons. The second-order valence-electron chi connectivity index (χ2n) is 5.94. The number of benzene rings is 1. The minimum absolute atomic E-state index is 0.341. The van der Waals surface area contributed by atoms with Crippen LogP contribution in [0.1, 0.15) is 42.9 Å². The van der Waals surface area contributed by atoms with Gasteiger partial charge in [0.1, 0.15) is 0 Å². The summed E-state index contributed by atoms with van der Waals surface area (Å²) in [6.07, 6.45) is 5.10. The van der Waals surface area contributed by atoms with E-state index in [1.165, 1.54) is 36.0 Å². The maximum absolute atomic E-state index is 6.40. The van der Waals surface area contributed by atoms with Crippen molar-refractivity contribution in [2.24, 2.45) is 17.6 Å². The molecule has 0 spiro atoms. The molecular weight excluding hydrogens is 206 g/mol. The molecule has 2 N–H and O–H groups in total. The topological polar surface area (TPSA) is 26.0 Å². The Morgan fingerprint density at radius 2 is 1.82 bits per heavy atom. The van der Waals surface area contributed by atoms with Crippen LogP contribution in [-0.2, 0) is 6.42 Å². The molecule has 2 rings (SSSR count). The summed E-state index contributed by atoms with van der Waals surface area (Å²) in [4.78, 5) is 0. The van der Waals surface area contributed by atoms with Crippen LogP contribution < -0.4 is 5.73 Å². The van der Waals surface area contributed by atoms with Crippen molar-refractivity contribution in [1.29, 1.82) is 0 Å². The summed E-state index contributed by atoms with van der Waals surface area (Å²) in [6.45, 7) is 6.69. The lowest BCUT2D eigenvalue weighted by Crippen LogP contribution is -2.33. The van der Waals surface area contributed by atoms with E-state index in [-0.39, 0.29) is 0 Å². The van der Waals surface area contributed by atoms with Crippen molar-refractivity contribution in [2.75, 3.05) is 0 Å². The molecule has 0 bridgehead atoms. The highest BCUT2D eigenvalue weighted by molar-refractivity contribution is 5.29. The molecule has 1 aromatic carbocycles. The first kappa shape index (κ1) is 12.6. The van der Waals surface area contributed by atoms with Crippen LogP contribution >= 0.6 is 0 Å². The van der Waals surface area contributed by atoms with Gasteiger partial charge < -0.3 is 5.73 Å². The molecule has 0 amide bonds. The summed E-state index contributed by atoms with van der Waals surface area (Å²) in [5, 5.41) is 0. The van der Waals surface area contributed by atoms with Gasteiger partial charge in [0, 0.05) is 6.04 Å². The maximum Gasteiger partial charge on any atom is 0.0110 e.